The first-order valence-corrected chi connectivity index (χ1v) is 5.64. The van der Waals surface area contributed by atoms with Crippen LogP contribution < -0.4 is 0 Å². The standard InChI is InChI=1S/C10H16N4O3/c1-9-10(14(15)16)13(8-11-9)3-2-12-4-6-17-7-5-12/h8H,2-7H2,1H3. The van der Waals surface area contributed by atoms with Gasteiger partial charge >= 0.3 is 5.82 Å². The van der Waals surface area contributed by atoms with Crippen LogP contribution in [0.1, 0.15) is 5.69 Å². The van der Waals surface area contributed by atoms with Gasteiger partial charge in [-0.2, -0.15) is 0 Å². The monoisotopic (exact) mass is 240 g/mol. The molecule has 0 saturated carbocycles. The molecule has 0 unspecified atom stereocenters. The van der Waals surface area contributed by atoms with E-state index in [4.69, 9.17) is 4.74 Å². The van der Waals surface area contributed by atoms with Crippen molar-refractivity contribution >= 4 is 5.82 Å². The van der Waals surface area contributed by atoms with E-state index in [1.807, 2.05) is 0 Å². The van der Waals surface area contributed by atoms with Crippen molar-refractivity contribution in [3.8, 4) is 0 Å². The number of ether oxygens (including phenoxy) is 1. The van der Waals surface area contributed by atoms with E-state index in [0.717, 1.165) is 32.8 Å². The third kappa shape index (κ3) is 2.80. The first kappa shape index (κ1) is 12.0. The molecule has 0 aliphatic carbocycles. The highest BCUT2D eigenvalue weighted by Gasteiger charge is 2.19. The molecule has 1 aromatic heterocycles. The topological polar surface area (TPSA) is 73.4 Å². The molecule has 0 bridgehead atoms. The third-order valence-electron chi connectivity index (χ3n) is 2.92. The molecule has 0 atom stereocenters. The Kier molecular flexibility index (Phi) is 3.70. The number of morpholine rings is 1. The molecule has 1 aromatic rings. The molecule has 94 valence electrons. The predicted molar refractivity (Wildman–Crippen MR) is 60.9 cm³/mol. The van der Waals surface area contributed by atoms with Gasteiger partial charge in [0.2, 0.25) is 0 Å². The maximum absolute atomic E-state index is 10.9. The van der Waals surface area contributed by atoms with Gasteiger partial charge in [0.25, 0.3) is 0 Å². The number of aromatic nitrogens is 2. The van der Waals surface area contributed by atoms with Crippen molar-refractivity contribution in [2.45, 2.75) is 13.5 Å². The average Bonchev–Trinajstić information content (AvgIpc) is 2.69. The predicted octanol–water partition coefficient (Wildman–Crippen LogP) is 0.432. The summed E-state index contributed by atoms with van der Waals surface area (Å²) in [6.45, 7) is 6.31. The molecule has 0 aromatic carbocycles. The number of nitrogens with zero attached hydrogens (tertiary/aromatic N) is 4. The van der Waals surface area contributed by atoms with E-state index in [-0.39, 0.29) is 10.7 Å². The summed E-state index contributed by atoms with van der Waals surface area (Å²) in [5.74, 6) is 0.0956. The molecule has 7 heteroatoms. The van der Waals surface area contributed by atoms with Crippen molar-refractivity contribution in [1.29, 1.82) is 0 Å². The first-order chi connectivity index (χ1) is 8.18. The zero-order valence-corrected chi connectivity index (χ0v) is 9.83. The minimum atomic E-state index is -0.373. The average molecular weight is 240 g/mol. The van der Waals surface area contributed by atoms with Crippen molar-refractivity contribution < 1.29 is 9.66 Å². The molecular formula is C10H16N4O3. The molecule has 17 heavy (non-hydrogen) atoms. The fourth-order valence-electron chi connectivity index (χ4n) is 1.95. The van der Waals surface area contributed by atoms with Crippen LogP contribution in [-0.2, 0) is 11.3 Å². The van der Waals surface area contributed by atoms with Crippen LogP contribution >= 0.6 is 0 Å². The molecular weight excluding hydrogens is 224 g/mol. The normalized spacial score (nSPS) is 17.2. The Morgan fingerprint density at radius 2 is 2.18 bits per heavy atom. The quantitative estimate of drug-likeness (QED) is 0.563. The lowest BCUT2D eigenvalue weighted by atomic mass is 10.4. The maximum atomic E-state index is 10.9. The van der Waals surface area contributed by atoms with Crippen LogP contribution in [0.15, 0.2) is 6.33 Å². The zero-order valence-electron chi connectivity index (χ0n) is 9.83. The molecule has 1 saturated heterocycles. The van der Waals surface area contributed by atoms with Gasteiger partial charge in [0.15, 0.2) is 6.33 Å². The number of hydrogen-bond donors (Lipinski definition) is 0. The number of nitro groups is 1. The van der Waals surface area contributed by atoms with Gasteiger partial charge in [-0.15, -0.1) is 0 Å². The Bertz CT molecular complexity index is 398. The summed E-state index contributed by atoms with van der Waals surface area (Å²) >= 11 is 0. The highest BCUT2D eigenvalue weighted by Crippen LogP contribution is 2.15. The van der Waals surface area contributed by atoms with Crippen LogP contribution in [0.2, 0.25) is 0 Å². The lowest BCUT2D eigenvalue weighted by Gasteiger charge is -2.25. The second-order valence-electron chi connectivity index (χ2n) is 4.06. The summed E-state index contributed by atoms with van der Waals surface area (Å²) < 4.78 is 6.85. The Labute approximate surface area is 99.1 Å². The van der Waals surface area contributed by atoms with Gasteiger partial charge in [-0.3, -0.25) is 4.90 Å². The van der Waals surface area contributed by atoms with Crippen LogP contribution in [0.25, 0.3) is 0 Å². The summed E-state index contributed by atoms with van der Waals surface area (Å²) in [5.41, 5.74) is 0.469. The molecule has 0 amide bonds. The van der Waals surface area contributed by atoms with E-state index in [1.54, 1.807) is 11.5 Å². The van der Waals surface area contributed by atoms with Gasteiger partial charge in [-0.25, -0.2) is 9.55 Å². The highest BCUT2D eigenvalue weighted by molar-refractivity contribution is 5.26. The van der Waals surface area contributed by atoms with Gasteiger partial charge in [0, 0.05) is 19.6 Å². The van der Waals surface area contributed by atoms with E-state index in [2.05, 4.69) is 9.88 Å². The second kappa shape index (κ2) is 5.24. The van der Waals surface area contributed by atoms with Crippen molar-refractivity contribution in [2.75, 3.05) is 32.8 Å². The van der Waals surface area contributed by atoms with Gasteiger partial charge in [0.05, 0.1) is 13.2 Å². The molecule has 0 radical (unpaired) electrons. The summed E-state index contributed by atoms with van der Waals surface area (Å²) in [6.07, 6.45) is 1.54. The Morgan fingerprint density at radius 3 is 2.82 bits per heavy atom. The smallest absolute Gasteiger partial charge is 0.345 e. The number of rotatable bonds is 4. The van der Waals surface area contributed by atoms with Crippen molar-refractivity contribution in [1.82, 2.24) is 14.5 Å². The minimum absolute atomic E-state index is 0.0956. The number of hydrogen-bond acceptors (Lipinski definition) is 5. The van der Waals surface area contributed by atoms with Crippen molar-refractivity contribution in [3.05, 3.63) is 22.1 Å². The van der Waals surface area contributed by atoms with Crippen LogP contribution in [-0.4, -0.2) is 52.2 Å². The van der Waals surface area contributed by atoms with Crippen LogP contribution in [0.3, 0.4) is 0 Å². The highest BCUT2D eigenvalue weighted by atomic mass is 16.6. The van der Waals surface area contributed by atoms with Crippen molar-refractivity contribution in [2.24, 2.45) is 0 Å². The first-order valence-electron chi connectivity index (χ1n) is 5.64. The fourth-order valence-corrected chi connectivity index (χ4v) is 1.95. The molecule has 1 aliphatic rings. The van der Waals surface area contributed by atoms with Gasteiger partial charge in [-0.1, -0.05) is 0 Å². The van der Waals surface area contributed by atoms with E-state index >= 15 is 0 Å². The maximum Gasteiger partial charge on any atom is 0.345 e. The number of imidazole rings is 1. The summed E-state index contributed by atoms with van der Waals surface area (Å²) in [7, 11) is 0. The molecule has 1 aliphatic heterocycles. The molecule has 2 rings (SSSR count). The summed E-state index contributed by atoms with van der Waals surface area (Å²) in [4.78, 5) is 16.7. The van der Waals surface area contributed by atoms with E-state index < -0.39 is 0 Å². The fraction of sp³-hybridized carbons (Fsp3) is 0.700. The van der Waals surface area contributed by atoms with Gasteiger partial charge in [-0.05, 0) is 11.8 Å². The largest absolute Gasteiger partial charge is 0.379 e. The van der Waals surface area contributed by atoms with E-state index in [0.29, 0.717) is 12.2 Å². The van der Waals surface area contributed by atoms with Gasteiger partial charge < -0.3 is 14.9 Å². The van der Waals surface area contributed by atoms with Crippen LogP contribution in [0, 0.1) is 17.0 Å². The van der Waals surface area contributed by atoms with Crippen molar-refractivity contribution in [3.63, 3.8) is 0 Å². The molecule has 0 spiro atoms. The SMILES string of the molecule is Cc1ncn(CCN2CCOCC2)c1[N+](=O)[O-]. The minimum Gasteiger partial charge on any atom is -0.379 e. The summed E-state index contributed by atoms with van der Waals surface area (Å²) in [6, 6.07) is 0. The molecule has 2 heterocycles. The van der Waals surface area contributed by atoms with E-state index in [1.165, 1.54) is 6.33 Å². The third-order valence-corrected chi connectivity index (χ3v) is 2.92. The van der Waals surface area contributed by atoms with E-state index in [9.17, 15) is 10.1 Å². The number of aryl methyl sites for hydroxylation is 1. The summed E-state index contributed by atoms with van der Waals surface area (Å²) in [5, 5.41) is 10.9. The molecule has 1 fully saturated rings. The van der Waals surface area contributed by atoms with Crippen LogP contribution in [0.4, 0.5) is 5.82 Å². The molecule has 7 nitrogen and oxygen atoms in total. The van der Waals surface area contributed by atoms with Gasteiger partial charge in [0.1, 0.15) is 12.2 Å². The molecule has 0 N–H and O–H groups in total. The Hall–Kier alpha value is -1.47. The second-order valence-corrected chi connectivity index (χ2v) is 4.06. The zero-order chi connectivity index (χ0) is 12.3. The Morgan fingerprint density at radius 1 is 1.47 bits per heavy atom. The lowest BCUT2D eigenvalue weighted by Crippen LogP contribution is -2.38. The Balaban J connectivity index is 1.96. The van der Waals surface area contributed by atoms with Crippen LogP contribution in [0.5, 0.6) is 0 Å². The lowest BCUT2D eigenvalue weighted by molar-refractivity contribution is -0.392.